The van der Waals surface area contributed by atoms with Gasteiger partial charge in [-0.1, -0.05) is 71.9 Å². The van der Waals surface area contributed by atoms with Crippen LogP contribution in [0.2, 0.25) is 0 Å². The molecule has 0 aliphatic rings. The SMILES string of the molecule is CCOC(=O)CNC(=O)CNC(=O)[C@@H](NC(=O)[C@@H](NC(=O)[C@@H](N)C(C)C)C(C)(C)Cc1ccccc1)C(C)C. The van der Waals surface area contributed by atoms with Crippen LogP contribution in [0.5, 0.6) is 0 Å². The summed E-state index contributed by atoms with van der Waals surface area (Å²) in [5, 5.41) is 10.4. The van der Waals surface area contributed by atoms with Crippen LogP contribution in [0.4, 0.5) is 0 Å². The van der Waals surface area contributed by atoms with Crippen molar-refractivity contribution in [3.63, 3.8) is 0 Å². The van der Waals surface area contributed by atoms with Gasteiger partial charge in [0.2, 0.25) is 23.6 Å². The molecule has 0 bridgehead atoms. The Morgan fingerprint density at radius 2 is 1.46 bits per heavy atom. The number of nitrogens with one attached hydrogen (secondary N) is 4. The van der Waals surface area contributed by atoms with E-state index in [1.165, 1.54) is 0 Å². The number of ether oxygens (including phenoxy) is 1. The zero-order valence-corrected chi connectivity index (χ0v) is 24.1. The molecule has 39 heavy (non-hydrogen) atoms. The summed E-state index contributed by atoms with van der Waals surface area (Å²) in [5.74, 6) is -3.22. The maximum atomic E-state index is 13.6. The molecule has 0 fully saturated rings. The van der Waals surface area contributed by atoms with Gasteiger partial charge in [-0.25, -0.2) is 0 Å². The Morgan fingerprint density at radius 3 is 2.00 bits per heavy atom. The quantitative estimate of drug-likeness (QED) is 0.201. The van der Waals surface area contributed by atoms with Crippen LogP contribution in [0.3, 0.4) is 0 Å². The molecule has 0 aliphatic carbocycles. The molecule has 1 aromatic rings. The molecule has 0 unspecified atom stereocenters. The van der Waals surface area contributed by atoms with E-state index in [0.29, 0.717) is 6.42 Å². The van der Waals surface area contributed by atoms with Crippen molar-refractivity contribution in [3.8, 4) is 0 Å². The van der Waals surface area contributed by atoms with Crippen LogP contribution >= 0.6 is 0 Å². The third-order valence-electron chi connectivity index (χ3n) is 6.26. The van der Waals surface area contributed by atoms with E-state index in [4.69, 9.17) is 10.5 Å². The van der Waals surface area contributed by atoms with Crippen molar-refractivity contribution < 1.29 is 28.7 Å². The smallest absolute Gasteiger partial charge is 0.325 e. The lowest BCUT2D eigenvalue weighted by molar-refractivity contribution is -0.143. The standard InChI is InChI=1S/C28H45N5O6/c1-8-39-21(35)16-30-20(34)15-31-26(37)23(18(4)5)32-27(38)24(33-25(36)22(29)17(2)3)28(6,7)14-19-12-10-9-11-13-19/h9-13,17-18,22-24H,8,14-16,29H2,1-7H3,(H,30,34)(H,31,37)(H,32,38)(H,33,36)/t22-,23-,24+/m0/s1. The topological polar surface area (TPSA) is 169 Å². The number of hydrogen-bond donors (Lipinski definition) is 5. The number of benzene rings is 1. The third kappa shape index (κ3) is 11.4. The summed E-state index contributed by atoms with van der Waals surface area (Å²) in [5.41, 5.74) is 6.29. The van der Waals surface area contributed by atoms with E-state index in [9.17, 15) is 24.0 Å². The van der Waals surface area contributed by atoms with Gasteiger partial charge in [0.1, 0.15) is 18.6 Å². The van der Waals surface area contributed by atoms with E-state index < -0.39 is 53.1 Å². The summed E-state index contributed by atoms with van der Waals surface area (Å²) in [4.78, 5) is 62.9. The monoisotopic (exact) mass is 547 g/mol. The van der Waals surface area contributed by atoms with E-state index >= 15 is 0 Å². The molecule has 218 valence electrons. The number of esters is 1. The molecule has 0 spiro atoms. The minimum absolute atomic E-state index is 0.143. The number of nitrogens with two attached hydrogens (primary N) is 1. The van der Waals surface area contributed by atoms with Crippen LogP contribution in [0, 0.1) is 17.3 Å². The summed E-state index contributed by atoms with van der Waals surface area (Å²) in [6.07, 6.45) is 0.475. The van der Waals surface area contributed by atoms with Gasteiger partial charge in [0.05, 0.1) is 19.2 Å². The second-order valence-electron chi connectivity index (χ2n) is 10.9. The lowest BCUT2D eigenvalue weighted by Crippen LogP contribution is -2.62. The van der Waals surface area contributed by atoms with Crippen molar-refractivity contribution >= 4 is 29.6 Å². The summed E-state index contributed by atoms with van der Waals surface area (Å²) in [7, 11) is 0. The van der Waals surface area contributed by atoms with Crippen LogP contribution in [0.1, 0.15) is 54.0 Å². The fraction of sp³-hybridized carbons (Fsp3) is 0.607. The first-order valence-electron chi connectivity index (χ1n) is 13.3. The Labute approximate surface area is 231 Å². The van der Waals surface area contributed by atoms with Crippen molar-refractivity contribution in [2.45, 2.75) is 73.0 Å². The predicted octanol–water partition coefficient (Wildman–Crippen LogP) is 0.660. The molecule has 11 nitrogen and oxygen atoms in total. The molecule has 3 atom stereocenters. The molecule has 0 saturated carbocycles. The number of carbonyl (C=O) groups excluding carboxylic acids is 5. The summed E-state index contributed by atoms with van der Waals surface area (Å²) in [6, 6.07) is 6.77. The predicted molar refractivity (Wildman–Crippen MR) is 148 cm³/mol. The number of amides is 4. The molecule has 1 rings (SSSR count). The highest BCUT2D eigenvalue weighted by molar-refractivity contribution is 5.95. The van der Waals surface area contributed by atoms with Crippen LogP contribution < -0.4 is 27.0 Å². The zero-order chi connectivity index (χ0) is 29.8. The van der Waals surface area contributed by atoms with Crippen molar-refractivity contribution in [1.82, 2.24) is 21.3 Å². The number of carbonyl (C=O) groups is 5. The van der Waals surface area contributed by atoms with E-state index in [1.807, 2.05) is 58.0 Å². The van der Waals surface area contributed by atoms with Crippen molar-refractivity contribution in [2.24, 2.45) is 23.0 Å². The molecule has 4 amide bonds. The molecular formula is C28H45N5O6. The summed E-state index contributed by atoms with van der Waals surface area (Å²) < 4.78 is 4.75. The Hall–Kier alpha value is -3.47. The molecule has 0 aliphatic heterocycles. The average Bonchev–Trinajstić information content (AvgIpc) is 2.87. The third-order valence-corrected chi connectivity index (χ3v) is 6.26. The van der Waals surface area contributed by atoms with Gasteiger partial charge in [0.15, 0.2) is 0 Å². The maximum absolute atomic E-state index is 13.6. The summed E-state index contributed by atoms with van der Waals surface area (Å²) >= 11 is 0. The largest absolute Gasteiger partial charge is 0.465 e. The lowest BCUT2D eigenvalue weighted by atomic mass is 9.77. The van der Waals surface area contributed by atoms with Crippen molar-refractivity contribution in [3.05, 3.63) is 35.9 Å². The van der Waals surface area contributed by atoms with E-state index in [-0.39, 0.29) is 31.5 Å². The zero-order valence-electron chi connectivity index (χ0n) is 24.1. The fourth-order valence-corrected chi connectivity index (χ4v) is 3.88. The Balaban J connectivity index is 3.03. The number of rotatable bonds is 15. The van der Waals surface area contributed by atoms with Gasteiger partial charge in [-0.15, -0.1) is 0 Å². The molecular weight excluding hydrogens is 502 g/mol. The first kappa shape index (κ1) is 33.6. The minimum Gasteiger partial charge on any atom is -0.465 e. The van der Waals surface area contributed by atoms with Gasteiger partial charge in [0, 0.05) is 0 Å². The van der Waals surface area contributed by atoms with Crippen molar-refractivity contribution in [2.75, 3.05) is 19.7 Å². The first-order chi connectivity index (χ1) is 18.2. The minimum atomic E-state index is -1.00. The Bertz CT molecular complexity index is 980. The Kier molecular flexibility index (Phi) is 13.6. The van der Waals surface area contributed by atoms with Gasteiger partial charge < -0.3 is 31.7 Å². The van der Waals surface area contributed by atoms with Gasteiger partial charge in [0.25, 0.3) is 0 Å². The normalized spacial score (nSPS) is 13.7. The Morgan fingerprint density at radius 1 is 0.846 bits per heavy atom. The van der Waals surface area contributed by atoms with Crippen LogP contribution in [-0.4, -0.2) is 67.4 Å². The molecule has 1 aromatic carbocycles. The second kappa shape index (κ2) is 15.8. The van der Waals surface area contributed by atoms with E-state index in [1.54, 1.807) is 20.8 Å². The molecule has 0 heterocycles. The van der Waals surface area contributed by atoms with Crippen LogP contribution in [0.25, 0.3) is 0 Å². The average molecular weight is 548 g/mol. The first-order valence-corrected chi connectivity index (χ1v) is 13.3. The molecule has 0 saturated heterocycles. The van der Waals surface area contributed by atoms with Gasteiger partial charge in [-0.05, 0) is 36.2 Å². The fourth-order valence-electron chi connectivity index (χ4n) is 3.88. The van der Waals surface area contributed by atoms with Gasteiger partial charge >= 0.3 is 5.97 Å². The summed E-state index contributed by atoms with van der Waals surface area (Å²) in [6.45, 7) is 12.0. The van der Waals surface area contributed by atoms with E-state index in [0.717, 1.165) is 5.56 Å². The van der Waals surface area contributed by atoms with E-state index in [2.05, 4.69) is 21.3 Å². The van der Waals surface area contributed by atoms with Crippen molar-refractivity contribution in [1.29, 1.82) is 0 Å². The lowest BCUT2D eigenvalue weighted by Gasteiger charge is -2.36. The molecule has 11 heteroatoms. The van der Waals surface area contributed by atoms with Crippen LogP contribution in [-0.2, 0) is 35.1 Å². The van der Waals surface area contributed by atoms with Crippen LogP contribution in [0.15, 0.2) is 30.3 Å². The highest BCUT2D eigenvalue weighted by Gasteiger charge is 2.39. The molecule has 6 N–H and O–H groups in total. The van der Waals surface area contributed by atoms with Gasteiger partial charge in [-0.3, -0.25) is 24.0 Å². The van der Waals surface area contributed by atoms with Gasteiger partial charge in [-0.2, -0.15) is 0 Å². The maximum Gasteiger partial charge on any atom is 0.325 e. The number of hydrogen-bond acceptors (Lipinski definition) is 7. The highest BCUT2D eigenvalue weighted by Crippen LogP contribution is 2.27. The highest BCUT2D eigenvalue weighted by atomic mass is 16.5. The molecule has 0 radical (unpaired) electrons. The molecule has 0 aromatic heterocycles. The second-order valence-corrected chi connectivity index (χ2v) is 10.9.